The van der Waals surface area contributed by atoms with Crippen LogP contribution in [-0.2, 0) is 18.9 Å². The van der Waals surface area contributed by atoms with Crippen LogP contribution in [0.3, 0.4) is 0 Å². The van der Waals surface area contributed by atoms with Gasteiger partial charge in [0.2, 0.25) is 0 Å². The monoisotopic (exact) mass is 674 g/mol. The molecule has 3 rings (SSSR count). The van der Waals surface area contributed by atoms with Crippen LogP contribution in [0.1, 0.15) is 19.3 Å². The number of nitrogens with zero attached hydrogens (tertiary/aromatic N) is 1. The van der Waals surface area contributed by atoms with Crippen LogP contribution in [-0.4, -0.2) is 189 Å². The van der Waals surface area contributed by atoms with Crippen molar-refractivity contribution in [3.05, 3.63) is 0 Å². The van der Waals surface area contributed by atoms with E-state index in [1.165, 1.54) is 0 Å². The maximum absolute atomic E-state index is 12.5. The molecule has 19 nitrogen and oxygen atoms in total. The Balaban J connectivity index is 1.87. The van der Waals surface area contributed by atoms with E-state index >= 15 is 0 Å². The van der Waals surface area contributed by atoms with Gasteiger partial charge in [0.1, 0.15) is 73.5 Å². The normalized spacial score (nSPS) is 41.9. The first-order chi connectivity index (χ1) is 21.7. The molecule has 0 aromatic rings. The predicted molar refractivity (Wildman–Crippen MR) is 155 cm³/mol. The average Bonchev–Trinajstić information content (AvgIpc) is 3.04. The number of aliphatic hydroxyl groups excluding tert-OH is 9. The van der Waals surface area contributed by atoms with E-state index in [9.17, 15) is 45.2 Å². The second-order valence-electron chi connectivity index (χ2n) is 11.9. The Hall–Kier alpha value is -1.28. The number of halogens is 1. The predicted octanol–water partition coefficient (Wildman–Crippen LogP) is -7.83. The number of rotatable bonds is 15. The van der Waals surface area contributed by atoms with Gasteiger partial charge in [-0.1, -0.05) is 0 Å². The van der Waals surface area contributed by atoms with Crippen molar-refractivity contribution in [2.45, 2.75) is 123 Å². The molecule has 1 aliphatic carbocycles. The molecule has 1 saturated carbocycles. The molecule has 0 spiro atoms. The summed E-state index contributed by atoms with van der Waals surface area (Å²) in [7, 11) is 0. The van der Waals surface area contributed by atoms with Crippen molar-refractivity contribution in [1.82, 2.24) is 5.32 Å². The molecule has 17 unspecified atom stereocenters. The van der Waals surface area contributed by atoms with Crippen molar-refractivity contribution in [3.8, 4) is 0 Å². The van der Waals surface area contributed by atoms with Crippen molar-refractivity contribution in [3.63, 3.8) is 0 Å². The summed E-state index contributed by atoms with van der Waals surface area (Å²) >= 11 is 0. The zero-order chi connectivity index (χ0) is 34.3. The van der Waals surface area contributed by atoms with Gasteiger partial charge in [0.15, 0.2) is 12.6 Å². The molecule has 270 valence electrons. The van der Waals surface area contributed by atoms with Crippen LogP contribution in [0.2, 0.25) is 0 Å². The van der Waals surface area contributed by atoms with Gasteiger partial charge in [0, 0.05) is 19.1 Å². The van der Waals surface area contributed by atoms with Gasteiger partial charge < -0.3 is 93.2 Å². The number of amidine groups is 1. The topological polar surface area (TPSA) is 347 Å². The van der Waals surface area contributed by atoms with Crippen LogP contribution in [0.15, 0.2) is 4.99 Å². The van der Waals surface area contributed by atoms with E-state index in [0.29, 0.717) is 19.4 Å². The molecule has 20 heteroatoms. The molecular formula is C26H51FN6O13. The summed E-state index contributed by atoms with van der Waals surface area (Å²) in [5.41, 5.74) is 24.5. The summed E-state index contributed by atoms with van der Waals surface area (Å²) in [4.78, 5) is 4.17. The third kappa shape index (κ3) is 9.45. The molecule has 46 heavy (non-hydrogen) atoms. The van der Waals surface area contributed by atoms with Crippen molar-refractivity contribution in [2.75, 3.05) is 33.0 Å². The minimum atomic E-state index is -2.09. The third-order valence-electron chi connectivity index (χ3n) is 8.52. The van der Waals surface area contributed by atoms with E-state index in [4.69, 9.17) is 47.0 Å². The van der Waals surface area contributed by atoms with E-state index in [1.807, 2.05) is 0 Å². The molecule has 0 aromatic carbocycles. The molecule has 2 saturated heterocycles. The maximum Gasteiger partial charge on any atom is 0.186 e. The van der Waals surface area contributed by atoms with Crippen molar-refractivity contribution < 1.29 is 69.3 Å². The number of nitrogens with two attached hydrogens (primary N) is 4. The number of aliphatic imine (C=N–C) groups is 1. The molecule has 0 amide bonds. The van der Waals surface area contributed by atoms with Gasteiger partial charge in [-0.25, -0.2) is 4.39 Å². The quantitative estimate of drug-likeness (QED) is 0.0435. The fraction of sp³-hybridized carbons (Fsp3) is 0.962. The van der Waals surface area contributed by atoms with Gasteiger partial charge in [0.05, 0.1) is 37.4 Å². The van der Waals surface area contributed by atoms with Crippen molar-refractivity contribution in [2.24, 2.45) is 27.9 Å². The van der Waals surface area contributed by atoms with Crippen LogP contribution in [0.4, 0.5) is 4.39 Å². The Morgan fingerprint density at radius 1 is 0.891 bits per heavy atom. The van der Waals surface area contributed by atoms with E-state index in [2.05, 4.69) is 10.3 Å². The highest BCUT2D eigenvalue weighted by atomic mass is 19.1. The summed E-state index contributed by atoms with van der Waals surface area (Å²) < 4.78 is 36.0. The summed E-state index contributed by atoms with van der Waals surface area (Å²) in [6.07, 6.45) is -18.9. The van der Waals surface area contributed by atoms with E-state index < -0.39 is 124 Å². The molecule has 0 bridgehead atoms. The number of nitrogens with one attached hydrogen (secondary N) is 1. The summed E-state index contributed by atoms with van der Waals surface area (Å²) in [6, 6.07) is -4.16. The highest BCUT2D eigenvalue weighted by Gasteiger charge is 2.51. The summed E-state index contributed by atoms with van der Waals surface area (Å²) in [5.74, 6) is -0.666. The lowest BCUT2D eigenvalue weighted by atomic mass is 9.83. The van der Waals surface area contributed by atoms with Gasteiger partial charge >= 0.3 is 0 Å². The molecule has 3 aliphatic rings. The molecule has 3 fully saturated rings. The Morgan fingerprint density at radius 3 is 2.20 bits per heavy atom. The van der Waals surface area contributed by atoms with Gasteiger partial charge in [-0.15, -0.1) is 0 Å². The van der Waals surface area contributed by atoms with E-state index in [0.717, 1.165) is 0 Å². The Bertz CT molecular complexity index is 949. The van der Waals surface area contributed by atoms with Crippen LogP contribution in [0.25, 0.3) is 0 Å². The van der Waals surface area contributed by atoms with E-state index in [-0.39, 0.29) is 19.1 Å². The zero-order valence-electron chi connectivity index (χ0n) is 25.3. The smallest absolute Gasteiger partial charge is 0.186 e. The zero-order valence-corrected chi connectivity index (χ0v) is 25.3. The van der Waals surface area contributed by atoms with Gasteiger partial charge in [0.25, 0.3) is 0 Å². The Labute approximate surface area is 264 Å². The third-order valence-corrected chi connectivity index (χ3v) is 8.52. The highest BCUT2D eigenvalue weighted by molar-refractivity contribution is 5.85. The standard InChI is InChI=1S/C26H51FN6O13/c27-3-4-32-6-9-1-2-10(28)25(43-9)45-22-11(29)5-12(33-24(31)20(41)19(40)16(37)13(36)7-34)23(21(22)42)46-26-18(39)15(30)17(38)14(8-35)44-26/h9-23,25-26,32,34-42H,1-8,28-30H2,(H2,31,33). The van der Waals surface area contributed by atoms with Gasteiger partial charge in [-0.05, 0) is 19.3 Å². The van der Waals surface area contributed by atoms with Crippen molar-refractivity contribution >= 4 is 5.84 Å². The Kier molecular flexibility index (Phi) is 15.3. The summed E-state index contributed by atoms with van der Waals surface area (Å²) in [6.45, 7) is -1.72. The van der Waals surface area contributed by atoms with Gasteiger partial charge in [-0.2, -0.15) is 0 Å². The van der Waals surface area contributed by atoms with Crippen LogP contribution < -0.4 is 28.3 Å². The molecule has 0 aromatic heterocycles. The van der Waals surface area contributed by atoms with Crippen LogP contribution >= 0.6 is 0 Å². The van der Waals surface area contributed by atoms with Crippen LogP contribution in [0, 0.1) is 0 Å². The van der Waals surface area contributed by atoms with E-state index in [1.54, 1.807) is 0 Å². The Morgan fingerprint density at radius 2 is 1.57 bits per heavy atom. The first-order valence-corrected chi connectivity index (χ1v) is 15.2. The lowest BCUT2D eigenvalue weighted by Gasteiger charge is -2.47. The second kappa shape index (κ2) is 17.9. The first kappa shape index (κ1) is 39.2. The molecular weight excluding hydrogens is 623 g/mol. The minimum absolute atomic E-state index is 0.132. The molecule has 2 heterocycles. The fourth-order valence-electron chi connectivity index (χ4n) is 5.68. The lowest BCUT2D eigenvalue weighted by molar-refractivity contribution is -0.312. The number of hydrogen-bond acceptors (Lipinski definition) is 18. The van der Waals surface area contributed by atoms with Crippen molar-refractivity contribution in [1.29, 1.82) is 0 Å². The first-order valence-electron chi connectivity index (χ1n) is 15.2. The van der Waals surface area contributed by atoms with Crippen LogP contribution in [0.5, 0.6) is 0 Å². The molecule has 2 aliphatic heterocycles. The molecule has 18 N–H and O–H groups in total. The number of ether oxygens (including phenoxy) is 4. The SMILES string of the molecule is NC(=NC1CC(N)C(OC2OC(CNCCF)CCC2N)C(O)C1OC1OC(CO)C(O)C(N)C1O)C(O)C(O)C(O)C(O)CO. The molecule has 17 atom stereocenters. The second-order valence-corrected chi connectivity index (χ2v) is 11.9. The average molecular weight is 675 g/mol. The highest BCUT2D eigenvalue weighted by Crippen LogP contribution is 2.33. The molecule has 0 radical (unpaired) electrons. The maximum atomic E-state index is 12.5. The fourth-order valence-corrected chi connectivity index (χ4v) is 5.68. The minimum Gasteiger partial charge on any atom is -0.394 e. The lowest BCUT2D eigenvalue weighted by Crippen LogP contribution is -2.66. The number of aliphatic hydroxyl groups is 9. The number of hydrogen-bond donors (Lipinski definition) is 14. The summed E-state index contributed by atoms with van der Waals surface area (Å²) in [5, 5.41) is 94.6. The van der Waals surface area contributed by atoms with Gasteiger partial charge in [-0.3, -0.25) is 4.99 Å². The number of alkyl halides is 1. The largest absolute Gasteiger partial charge is 0.394 e.